The topological polar surface area (TPSA) is 34.9 Å². The zero-order valence-corrected chi connectivity index (χ0v) is 12.4. The number of halogens is 2. The summed E-state index contributed by atoms with van der Waals surface area (Å²) in [5, 5.41) is 4.48. The molecule has 2 rings (SSSR count). The van der Waals surface area contributed by atoms with Crippen LogP contribution in [0.25, 0.3) is 0 Å². The van der Waals surface area contributed by atoms with Crippen LogP contribution in [0.15, 0.2) is 28.9 Å². The van der Waals surface area contributed by atoms with Gasteiger partial charge in [0.25, 0.3) is 0 Å². The highest BCUT2D eigenvalue weighted by Gasteiger charge is 2.20. The van der Waals surface area contributed by atoms with Crippen molar-refractivity contribution < 1.29 is 4.79 Å². The fourth-order valence-corrected chi connectivity index (χ4v) is 2.38. The van der Waals surface area contributed by atoms with E-state index in [2.05, 4.69) is 21.0 Å². The van der Waals surface area contributed by atoms with E-state index >= 15 is 0 Å². The summed E-state index contributed by atoms with van der Waals surface area (Å²) in [6, 6.07) is 5.61. The van der Waals surface area contributed by atoms with Gasteiger partial charge < -0.3 is 0 Å². The van der Waals surface area contributed by atoms with Gasteiger partial charge in [-0.05, 0) is 31.5 Å². The Labute approximate surface area is 119 Å². The molecule has 5 heteroatoms. The molecule has 0 unspecified atom stereocenters. The Morgan fingerprint density at radius 3 is 2.89 bits per heavy atom. The predicted molar refractivity (Wildman–Crippen MR) is 75.2 cm³/mol. The van der Waals surface area contributed by atoms with E-state index in [1.807, 2.05) is 26.0 Å². The molecule has 1 aromatic heterocycles. The summed E-state index contributed by atoms with van der Waals surface area (Å²) in [5.41, 5.74) is 2.00. The van der Waals surface area contributed by atoms with E-state index in [4.69, 9.17) is 11.6 Å². The third-order valence-electron chi connectivity index (χ3n) is 2.75. The summed E-state index contributed by atoms with van der Waals surface area (Å²) in [6.07, 6.45) is 1.51. The molecule has 2 aromatic rings. The highest BCUT2D eigenvalue weighted by atomic mass is 79.9. The average Bonchev–Trinajstić information content (AvgIpc) is 2.72. The van der Waals surface area contributed by atoms with Crippen LogP contribution in [0, 0.1) is 6.92 Å². The number of aromatic nitrogens is 2. The molecule has 0 N–H and O–H groups in total. The first-order valence-electron chi connectivity index (χ1n) is 5.56. The molecule has 0 bridgehead atoms. The van der Waals surface area contributed by atoms with E-state index in [1.165, 1.54) is 6.20 Å². The van der Waals surface area contributed by atoms with Gasteiger partial charge in [-0.1, -0.05) is 33.6 Å². The second-order valence-electron chi connectivity index (χ2n) is 3.95. The van der Waals surface area contributed by atoms with Gasteiger partial charge in [-0.25, -0.2) is 0 Å². The van der Waals surface area contributed by atoms with Crippen molar-refractivity contribution in [2.75, 3.05) is 0 Å². The second-order valence-corrected chi connectivity index (χ2v) is 5.27. The van der Waals surface area contributed by atoms with Crippen LogP contribution in [-0.4, -0.2) is 15.6 Å². The van der Waals surface area contributed by atoms with Crippen LogP contribution in [0.4, 0.5) is 0 Å². The quantitative estimate of drug-likeness (QED) is 0.802. The first-order valence-corrected chi connectivity index (χ1v) is 6.73. The lowest BCUT2D eigenvalue weighted by molar-refractivity contribution is 0.102. The number of carbonyl (C=O) groups excluding carboxylic acids is 1. The van der Waals surface area contributed by atoms with Crippen molar-refractivity contribution in [3.8, 4) is 0 Å². The lowest BCUT2D eigenvalue weighted by Gasteiger charge is -2.08. The monoisotopic (exact) mass is 326 g/mol. The smallest absolute Gasteiger partial charge is 0.212 e. The molecule has 0 fully saturated rings. The van der Waals surface area contributed by atoms with Crippen LogP contribution in [0.2, 0.25) is 5.02 Å². The maximum atomic E-state index is 12.5. The van der Waals surface area contributed by atoms with Crippen molar-refractivity contribution in [1.29, 1.82) is 0 Å². The van der Waals surface area contributed by atoms with Crippen LogP contribution in [0.1, 0.15) is 28.5 Å². The van der Waals surface area contributed by atoms with Crippen molar-refractivity contribution >= 4 is 33.3 Å². The van der Waals surface area contributed by atoms with E-state index in [0.717, 1.165) is 10.0 Å². The van der Waals surface area contributed by atoms with Gasteiger partial charge in [-0.2, -0.15) is 5.10 Å². The van der Waals surface area contributed by atoms with E-state index < -0.39 is 0 Å². The molecule has 0 amide bonds. The zero-order valence-electron chi connectivity index (χ0n) is 10.1. The van der Waals surface area contributed by atoms with E-state index in [9.17, 15) is 4.79 Å². The molecular formula is C13H12BrClN2O. The first-order chi connectivity index (χ1) is 8.54. The molecule has 0 saturated heterocycles. The maximum absolute atomic E-state index is 12.5. The number of rotatable bonds is 3. The van der Waals surface area contributed by atoms with Crippen LogP contribution in [-0.2, 0) is 6.54 Å². The minimum Gasteiger partial charge on any atom is -0.287 e. The Morgan fingerprint density at radius 2 is 2.22 bits per heavy atom. The van der Waals surface area contributed by atoms with Crippen molar-refractivity contribution in [3.05, 3.63) is 50.7 Å². The molecular weight excluding hydrogens is 316 g/mol. The van der Waals surface area contributed by atoms with Gasteiger partial charge in [0.1, 0.15) is 5.69 Å². The first kappa shape index (κ1) is 13.3. The number of nitrogens with zero attached hydrogens (tertiary/aromatic N) is 2. The summed E-state index contributed by atoms with van der Waals surface area (Å²) in [6.45, 7) is 4.44. The highest BCUT2D eigenvalue weighted by molar-refractivity contribution is 9.10. The summed E-state index contributed by atoms with van der Waals surface area (Å²) >= 11 is 9.42. The molecule has 0 saturated carbocycles. The molecule has 94 valence electrons. The van der Waals surface area contributed by atoms with Gasteiger partial charge in [-0.3, -0.25) is 9.48 Å². The van der Waals surface area contributed by atoms with E-state index in [-0.39, 0.29) is 5.78 Å². The molecule has 0 spiro atoms. The van der Waals surface area contributed by atoms with Crippen molar-refractivity contribution in [3.63, 3.8) is 0 Å². The SMILES string of the molecule is CCn1ncc(Cl)c1C(=O)c1cc(Br)ccc1C. The summed E-state index contributed by atoms with van der Waals surface area (Å²) in [5.74, 6) is -0.0989. The van der Waals surface area contributed by atoms with Gasteiger partial charge in [0.15, 0.2) is 0 Å². The minimum atomic E-state index is -0.0989. The van der Waals surface area contributed by atoms with E-state index in [0.29, 0.717) is 22.8 Å². The molecule has 0 atom stereocenters. The molecule has 3 nitrogen and oxygen atoms in total. The lowest BCUT2D eigenvalue weighted by atomic mass is 10.0. The Bertz CT molecular complexity index is 607. The Balaban J connectivity index is 2.54. The number of hydrogen-bond donors (Lipinski definition) is 0. The molecule has 1 heterocycles. The van der Waals surface area contributed by atoms with Crippen molar-refractivity contribution in [1.82, 2.24) is 9.78 Å². The molecule has 0 aliphatic heterocycles. The van der Waals surface area contributed by atoms with Crippen LogP contribution in [0.3, 0.4) is 0 Å². The lowest BCUT2D eigenvalue weighted by Crippen LogP contribution is -2.12. The standard InChI is InChI=1S/C13H12BrClN2O/c1-3-17-12(11(15)7-16-17)13(18)10-6-9(14)5-4-8(10)2/h4-7H,3H2,1-2H3. The molecule has 1 aromatic carbocycles. The number of carbonyl (C=O) groups is 1. The summed E-state index contributed by atoms with van der Waals surface area (Å²) < 4.78 is 2.49. The Morgan fingerprint density at radius 1 is 1.50 bits per heavy atom. The largest absolute Gasteiger partial charge is 0.287 e. The van der Waals surface area contributed by atoms with Crippen LogP contribution in [0.5, 0.6) is 0 Å². The average molecular weight is 328 g/mol. The molecule has 0 aliphatic rings. The van der Waals surface area contributed by atoms with Gasteiger partial charge in [0.2, 0.25) is 5.78 Å². The van der Waals surface area contributed by atoms with Crippen LogP contribution < -0.4 is 0 Å². The van der Waals surface area contributed by atoms with E-state index in [1.54, 1.807) is 10.7 Å². The minimum absolute atomic E-state index is 0.0989. The van der Waals surface area contributed by atoms with Gasteiger partial charge in [0.05, 0.1) is 11.2 Å². The number of aryl methyl sites for hydroxylation is 2. The maximum Gasteiger partial charge on any atom is 0.212 e. The summed E-state index contributed by atoms with van der Waals surface area (Å²) in [7, 11) is 0. The van der Waals surface area contributed by atoms with Crippen LogP contribution >= 0.6 is 27.5 Å². The van der Waals surface area contributed by atoms with Gasteiger partial charge in [-0.15, -0.1) is 0 Å². The summed E-state index contributed by atoms with van der Waals surface area (Å²) in [4.78, 5) is 12.5. The molecule has 0 aliphatic carbocycles. The molecule has 18 heavy (non-hydrogen) atoms. The fraction of sp³-hybridized carbons (Fsp3) is 0.231. The third kappa shape index (κ3) is 2.35. The second kappa shape index (κ2) is 5.24. The van der Waals surface area contributed by atoms with Gasteiger partial charge in [0, 0.05) is 16.6 Å². The third-order valence-corrected chi connectivity index (χ3v) is 3.52. The van der Waals surface area contributed by atoms with Gasteiger partial charge >= 0.3 is 0 Å². The van der Waals surface area contributed by atoms with Crippen molar-refractivity contribution in [2.45, 2.75) is 20.4 Å². The zero-order chi connectivity index (χ0) is 13.3. The number of hydrogen-bond acceptors (Lipinski definition) is 2. The predicted octanol–water partition coefficient (Wildman–Crippen LogP) is 3.86. The normalized spacial score (nSPS) is 10.7. The fourth-order valence-electron chi connectivity index (χ4n) is 1.79. The van der Waals surface area contributed by atoms with Crippen molar-refractivity contribution in [2.24, 2.45) is 0 Å². The highest BCUT2D eigenvalue weighted by Crippen LogP contribution is 2.23. The Hall–Kier alpha value is -1.13. The Kier molecular flexibility index (Phi) is 3.88. The molecule has 0 radical (unpaired) electrons. The number of benzene rings is 1. The number of ketones is 1.